The van der Waals surface area contributed by atoms with Gasteiger partial charge in [0, 0.05) is 18.0 Å². The molecular weight excluding hydrogens is 424 g/mol. The van der Waals surface area contributed by atoms with Gasteiger partial charge in [-0.3, -0.25) is 4.72 Å². The van der Waals surface area contributed by atoms with Crippen LogP contribution in [0.2, 0.25) is 0 Å². The van der Waals surface area contributed by atoms with Gasteiger partial charge in [0.25, 0.3) is 0 Å². The van der Waals surface area contributed by atoms with Crippen molar-refractivity contribution in [3.63, 3.8) is 0 Å². The first-order valence-corrected chi connectivity index (χ1v) is 12.9. The van der Waals surface area contributed by atoms with Crippen LogP contribution in [-0.4, -0.2) is 19.7 Å². The molecule has 2 aromatic rings. The molecular formula is C25H30N2O4S. The summed E-state index contributed by atoms with van der Waals surface area (Å²) in [6, 6.07) is 5.63. The van der Waals surface area contributed by atoms with Gasteiger partial charge in [0.15, 0.2) is 0 Å². The van der Waals surface area contributed by atoms with Crippen molar-refractivity contribution < 1.29 is 17.9 Å². The van der Waals surface area contributed by atoms with E-state index in [0.717, 1.165) is 66.3 Å². The van der Waals surface area contributed by atoms with Crippen molar-refractivity contribution in [2.45, 2.75) is 51.4 Å². The highest BCUT2D eigenvalue weighted by molar-refractivity contribution is 7.92. The lowest BCUT2D eigenvalue weighted by molar-refractivity contribution is 0.163. The molecule has 1 aliphatic carbocycles. The number of benzene rings is 1. The van der Waals surface area contributed by atoms with Gasteiger partial charge in [0.1, 0.15) is 24.0 Å². The first-order chi connectivity index (χ1) is 15.4. The fourth-order valence-corrected chi connectivity index (χ4v) is 5.19. The summed E-state index contributed by atoms with van der Waals surface area (Å²) in [5.74, 6) is 1.57. The van der Waals surface area contributed by atoms with E-state index in [1.54, 1.807) is 18.6 Å². The Morgan fingerprint density at radius 2 is 2.00 bits per heavy atom. The number of hydrogen-bond acceptors (Lipinski definition) is 4. The molecule has 0 fully saturated rings. The normalized spacial score (nSPS) is 16.7. The highest BCUT2D eigenvalue weighted by Crippen LogP contribution is 2.45. The molecule has 0 amide bonds. The van der Waals surface area contributed by atoms with E-state index in [1.165, 1.54) is 5.57 Å². The highest BCUT2D eigenvalue weighted by Gasteiger charge is 2.39. The zero-order chi connectivity index (χ0) is 22.8. The third-order valence-corrected chi connectivity index (χ3v) is 6.91. The summed E-state index contributed by atoms with van der Waals surface area (Å²) >= 11 is 0. The van der Waals surface area contributed by atoms with Crippen molar-refractivity contribution in [2.24, 2.45) is 0 Å². The quantitative estimate of drug-likeness (QED) is 0.513. The van der Waals surface area contributed by atoms with Crippen LogP contribution in [0.3, 0.4) is 0 Å². The van der Waals surface area contributed by atoms with Gasteiger partial charge >= 0.3 is 0 Å². The summed E-state index contributed by atoms with van der Waals surface area (Å²) in [7, 11) is -3.39. The monoisotopic (exact) mass is 454 g/mol. The molecule has 1 aromatic carbocycles. The van der Waals surface area contributed by atoms with Gasteiger partial charge in [0.2, 0.25) is 10.0 Å². The molecule has 2 N–H and O–H groups in total. The summed E-state index contributed by atoms with van der Waals surface area (Å²) in [6.45, 7) is 4.27. The maximum absolute atomic E-state index is 11.8. The zero-order valence-electron chi connectivity index (χ0n) is 18.8. The van der Waals surface area contributed by atoms with Gasteiger partial charge in [0.05, 0.1) is 22.9 Å². The molecule has 170 valence electrons. The van der Waals surface area contributed by atoms with Crippen molar-refractivity contribution in [1.29, 1.82) is 0 Å². The Morgan fingerprint density at radius 1 is 1.19 bits per heavy atom. The van der Waals surface area contributed by atoms with Gasteiger partial charge in [-0.2, -0.15) is 0 Å². The first kappa shape index (κ1) is 22.3. The Balaban J connectivity index is 1.69. The van der Waals surface area contributed by atoms with Gasteiger partial charge in [-0.1, -0.05) is 49.8 Å². The topological polar surface area (TPSA) is 80.4 Å². The number of aromatic nitrogens is 1. The molecule has 0 spiro atoms. The Kier molecular flexibility index (Phi) is 6.20. The second kappa shape index (κ2) is 8.90. The van der Waals surface area contributed by atoms with Crippen molar-refractivity contribution in [2.75, 3.05) is 11.0 Å². The van der Waals surface area contributed by atoms with Gasteiger partial charge in [-0.25, -0.2) is 8.42 Å². The van der Waals surface area contributed by atoms with Crippen LogP contribution >= 0.6 is 0 Å². The maximum atomic E-state index is 11.8. The standard InChI is InChI=1S/C25H30N2O4S/c1-4-25(5-2,23-17-30-16-19(31-23)14-18-10-7-6-8-11-18)21-15-26-24-20(21)12-9-13-22(24)27-32(3,28)29/h6-7,9-10,12-13,15-17,26-27H,4-5,8,11,14H2,1-3H3. The second-order valence-corrected chi connectivity index (χ2v) is 10.1. The number of fused-ring (bicyclic) bond motifs is 1. The zero-order valence-corrected chi connectivity index (χ0v) is 19.6. The maximum Gasteiger partial charge on any atom is 0.229 e. The molecule has 1 aliphatic heterocycles. The van der Waals surface area contributed by atoms with Crippen LogP contribution in [0.1, 0.15) is 51.5 Å². The minimum Gasteiger partial charge on any atom is -0.466 e. The van der Waals surface area contributed by atoms with Crippen LogP contribution < -0.4 is 4.72 Å². The van der Waals surface area contributed by atoms with Crippen LogP contribution in [0.15, 0.2) is 72.2 Å². The molecule has 2 heterocycles. The fraction of sp³-hybridized carbons (Fsp3) is 0.360. The Bertz CT molecular complexity index is 1230. The third-order valence-electron chi connectivity index (χ3n) is 6.32. The Labute approximate surface area is 189 Å². The number of anilines is 1. The smallest absolute Gasteiger partial charge is 0.229 e. The van der Waals surface area contributed by atoms with E-state index in [0.29, 0.717) is 5.69 Å². The number of sulfonamides is 1. The van der Waals surface area contributed by atoms with Crippen molar-refractivity contribution >= 4 is 26.6 Å². The van der Waals surface area contributed by atoms with E-state index in [4.69, 9.17) is 9.47 Å². The number of ether oxygens (including phenoxy) is 2. The number of rotatable bonds is 8. The van der Waals surface area contributed by atoms with E-state index < -0.39 is 15.4 Å². The van der Waals surface area contributed by atoms with Crippen LogP contribution in [0.4, 0.5) is 5.69 Å². The number of hydrogen-bond donors (Lipinski definition) is 2. The largest absolute Gasteiger partial charge is 0.466 e. The molecule has 0 bridgehead atoms. The lowest BCUT2D eigenvalue weighted by Crippen LogP contribution is -2.29. The lowest BCUT2D eigenvalue weighted by Gasteiger charge is -2.35. The van der Waals surface area contributed by atoms with E-state index in [2.05, 4.69) is 41.8 Å². The average molecular weight is 455 g/mol. The number of aromatic amines is 1. The number of para-hydroxylation sites is 1. The number of nitrogens with one attached hydrogen (secondary N) is 2. The lowest BCUT2D eigenvalue weighted by atomic mass is 9.74. The molecule has 6 nitrogen and oxygen atoms in total. The van der Waals surface area contributed by atoms with Crippen molar-refractivity contribution in [3.8, 4) is 0 Å². The minimum absolute atomic E-state index is 0.414. The summed E-state index contributed by atoms with van der Waals surface area (Å²) in [6.07, 6.45) is 17.3. The molecule has 0 saturated heterocycles. The molecule has 0 unspecified atom stereocenters. The summed E-state index contributed by atoms with van der Waals surface area (Å²) < 4.78 is 38.4. The molecule has 4 rings (SSSR count). The van der Waals surface area contributed by atoms with Gasteiger partial charge in [-0.15, -0.1) is 0 Å². The molecule has 1 aromatic heterocycles. The van der Waals surface area contributed by atoms with E-state index >= 15 is 0 Å². The Morgan fingerprint density at radius 3 is 2.69 bits per heavy atom. The van der Waals surface area contributed by atoms with Crippen molar-refractivity contribution in [1.82, 2.24) is 4.98 Å². The molecule has 0 saturated carbocycles. The van der Waals surface area contributed by atoms with E-state index in [1.807, 2.05) is 18.3 Å². The molecule has 2 aliphatic rings. The first-order valence-electron chi connectivity index (χ1n) is 11.0. The van der Waals surface area contributed by atoms with Gasteiger partial charge in [-0.05, 0) is 37.3 Å². The summed E-state index contributed by atoms with van der Waals surface area (Å²) in [4.78, 5) is 3.29. The van der Waals surface area contributed by atoms with Crippen LogP contribution in [0, 0.1) is 0 Å². The average Bonchev–Trinajstić information content (AvgIpc) is 3.21. The molecule has 0 radical (unpaired) electrons. The highest BCUT2D eigenvalue weighted by atomic mass is 32.2. The van der Waals surface area contributed by atoms with E-state index in [9.17, 15) is 8.42 Å². The Hall–Kier alpha value is -2.93. The van der Waals surface area contributed by atoms with Crippen LogP contribution in [0.25, 0.3) is 10.9 Å². The number of H-pyrrole nitrogens is 1. The molecule has 7 heteroatoms. The van der Waals surface area contributed by atoms with Gasteiger partial charge < -0.3 is 14.5 Å². The fourth-order valence-electron chi connectivity index (χ4n) is 4.62. The number of allylic oxidation sites excluding steroid dienone is 5. The molecule has 0 atom stereocenters. The second-order valence-electron chi connectivity index (χ2n) is 8.37. The summed E-state index contributed by atoms with van der Waals surface area (Å²) in [5, 5.41) is 0.961. The predicted molar refractivity (Wildman–Crippen MR) is 128 cm³/mol. The third kappa shape index (κ3) is 4.35. The van der Waals surface area contributed by atoms with Crippen LogP contribution in [-0.2, 0) is 24.9 Å². The van der Waals surface area contributed by atoms with Crippen LogP contribution in [0.5, 0.6) is 0 Å². The minimum atomic E-state index is -3.39. The molecule has 32 heavy (non-hydrogen) atoms. The van der Waals surface area contributed by atoms with E-state index in [-0.39, 0.29) is 0 Å². The predicted octanol–water partition coefficient (Wildman–Crippen LogP) is 5.99. The van der Waals surface area contributed by atoms with Crippen molar-refractivity contribution in [3.05, 3.63) is 77.8 Å². The SMILES string of the molecule is CCC(CC)(C1=COC=C(CC2=CC=CCC2)O1)c1c[nH]c2c(NS(C)(=O)=O)cccc12. The summed E-state index contributed by atoms with van der Waals surface area (Å²) in [5.41, 5.74) is 3.26.